The number of oxazole rings is 1. The van der Waals surface area contributed by atoms with Gasteiger partial charge in [0, 0.05) is 13.0 Å². The molecule has 1 aromatic carbocycles. The summed E-state index contributed by atoms with van der Waals surface area (Å²) in [6, 6.07) is 0.926. The van der Waals surface area contributed by atoms with E-state index in [0.717, 1.165) is 6.07 Å². The lowest BCUT2D eigenvalue weighted by Gasteiger charge is -2.10. The van der Waals surface area contributed by atoms with Gasteiger partial charge in [0.2, 0.25) is 0 Å². The summed E-state index contributed by atoms with van der Waals surface area (Å²) in [5.41, 5.74) is -5.45. The van der Waals surface area contributed by atoms with Gasteiger partial charge in [0.15, 0.2) is 17.3 Å². The van der Waals surface area contributed by atoms with Crippen molar-refractivity contribution in [3.63, 3.8) is 0 Å². The highest BCUT2D eigenvalue weighted by Gasteiger charge is 2.33. The summed E-state index contributed by atoms with van der Waals surface area (Å²) in [5.74, 6) is -1.06. The fourth-order valence-electron chi connectivity index (χ4n) is 2.17. The molecule has 0 bridgehead atoms. The van der Waals surface area contributed by atoms with Crippen LogP contribution in [0.1, 0.15) is 11.6 Å². The van der Waals surface area contributed by atoms with Gasteiger partial charge in [-0.05, 0) is 6.07 Å². The number of hydrogen-bond acceptors (Lipinski definition) is 4. The molecule has 0 spiro atoms. The lowest BCUT2D eigenvalue weighted by atomic mass is 10.2. The average molecular weight is 364 g/mol. The number of halogens is 5. The highest BCUT2D eigenvalue weighted by atomic mass is 35.5. The molecule has 126 valence electrons. The van der Waals surface area contributed by atoms with Crippen molar-refractivity contribution in [3.05, 3.63) is 55.4 Å². The van der Waals surface area contributed by atoms with Gasteiger partial charge in [-0.15, -0.1) is 0 Å². The highest BCUT2D eigenvalue weighted by molar-refractivity contribution is 6.35. The molecule has 6 nitrogen and oxygen atoms in total. The predicted octanol–water partition coefficient (Wildman–Crippen LogP) is 2.79. The maximum Gasteiger partial charge on any atom is 0.431 e. The highest BCUT2D eigenvalue weighted by Crippen LogP contribution is 2.31. The molecule has 0 saturated carbocycles. The number of aromatic amines is 1. The van der Waals surface area contributed by atoms with Crippen LogP contribution in [0.25, 0.3) is 16.8 Å². The van der Waals surface area contributed by atoms with Crippen LogP contribution in [0, 0.1) is 12.7 Å². The molecule has 0 aliphatic heterocycles. The van der Waals surface area contributed by atoms with Gasteiger partial charge >= 0.3 is 11.9 Å². The van der Waals surface area contributed by atoms with Crippen LogP contribution in [0.2, 0.25) is 5.02 Å². The topological polar surface area (TPSA) is 80.9 Å². The Morgan fingerprint density at radius 2 is 1.96 bits per heavy atom. The van der Waals surface area contributed by atoms with Crippen LogP contribution in [0.4, 0.5) is 17.6 Å². The quantitative estimate of drug-likeness (QED) is 0.674. The van der Waals surface area contributed by atoms with Crippen molar-refractivity contribution in [1.29, 1.82) is 0 Å². The second-order valence-electron chi connectivity index (χ2n) is 4.76. The van der Waals surface area contributed by atoms with Crippen LogP contribution in [0.15, 0.2) is 26.1 Å². The van der Waals surface area contributed by atoms with Crippen LogP contribution in [0.3, 0.4) is 0 Å². The van der Waals surface area contributed by atoms with Crippen molar-refractivity contribution in [2.24, 2.45) is 0 Å². The number of benzene rings is 1. The summed E-state index contributed by atoms with van der Waals surface area (Å²) in [6.45, 7) is 1.41. The average Bonchev–Trinajstić information content (AvgIpc) is 2.82. The Balaban J connectivity index is 2.42. The number of nitrogens with one attached hydrogen (secondary N) is 1. The molecule has 0 saturated heterocycles. The maximum absolute atomic E-state index is 14.3. The Hall–Kier alpha value is -2.62. The summed E-state index contributed by atoms with van der Waals surface area (Å²) >= 11 is 5.82. The third-order valence-electron chi connectivity index (χ3n) is 3.12. The van der Waals surface area contributed by atoms with Crippen molar-refractivity contribution in [1.82, 2.24) is 14.5 Å². The first-order chi connectivity index (χ1) is 11.1. The first kappa shape index (κ1) is 16.2. The van der Waals surface area contributed by atoms with E-state index in [1.807, 2.05) is 0 Å². The second-order valence-corrected chi connectivity index (χ2v) is 5.17. The molecule has 2 aromatic heterocycles. The number of fused-ring (bicyclic) bond motifs is 1. The van der Waals surface area contributed by atoms with Gasteiger partial charge in [-0.2, -0.15) is 13.2 Å². The first-order valence-corrected chi connectivity index (χ1v) is 6.66. The van der Waals surface area contributed by atoms with Crippen LogP contribution < -0.4 is 11.2 Å². The largest absolute Gasteiger partial charge is 0.439 e. The van der Waals surface area contributed by atoms with Crippen LogP contribution in [0.5, 0.6) is 0 Å². The van der Waals surface area contributed by atoms with Crippen LogP contribution in [-0.2, 0) is 6.18 Å². The number of nitrogens with zero attached hydrogens (tertiary/aromatic N) is 2. The molecule has 0 fully saturated rings. The molecule has 3 aromatic rings. The van der Waals surface area contributed by atoms with Crippen molar-refractivity contribution in [3.8, 4) is 5.69 Å². The van der Waals surface area contributed by atoms with Gasteiger partial charge in [0.1, 0.15) is 16.9 Å². The summed E-state index contributed by atoms with van der Waals surface area (Å²) < 4.78 is 57.5. The molecule has 0 amide bonds. The van der Waals surface area contributed by atoms with E-state index in [1.54, 1.807) is 0 Å². The standard InChI is InChI=1S/C13H6ClF4N3O3/c1-4-19-9-5(14)2-6(15)10(11(9)24-4)21-8(22)3-7(13(16,17)18)20-12(21)23/h2-3H,1H3,(H,20,23). The zero-order valence-electron chi connectivity index (χ0n) is 11.7. The number of H-pyrrole nitrogens is 1. The molecule has 2 heterocycles. The van der Waals surface area contributed by atoms with E-state index in [2.05, 4.69) is 4.98 Å². The Bertz CT molecular complexity index is 1050. The molecular formula is C13H6ClF4N3O3. The normalized spacial score (nSPS) is 12.1. The molecule has 24 heavy (non-hydrogen) atoms. The minimum absolute atomic E-state index is 0.0308. The Labute approximate surface area is 134 Å². The van der Waals surface area contributed by atoms with Crippen molar-refractivity contribution >= 4 is 22.7 Å². The van der Waals surface area contributed by atoms with E-state index in [9.17, 15) is 27.2 Å². The van der Waals surface area contributed by atoms with Gasteiger partial charge in [-0.1, -0.05) is 11.6 Å². The van der Waals surface area contributed by atoms with Crippen molar-refractivity contribution < 1.29 is 22.0 Å². The molecular weight excluding hydrogens is 358 g/mol. The molecule has 1 N–H and O–H groups in total. The third-order valence-corrected chi connectivity index (χ3v) is 3.41. The second kappa shape index (κ2) is 5.20. The SMILES string of the molecule is Cc1nc2c(Cl)cc(F)c(-n3c(=O)cc(C(F)(F)F)[nH]c3=O)c2o1. The van der Waals surface area contributed by atoms with E-state index in [-0.39, 0.29) is 32.6 Å². The molecule has 0 unspecified atom stereocenters. The fraction of sp³-hybridized carbons (Fsp3) is 0.154. The fourth-order valence-corrected chi connectivity index (χ4v) is 2.40. The van der Waals surface area contributed by atoms with Crippen LogP contribution in [-0.4, -0.2) is 14.5 Å². The lowest BCUT2D eigenvalue weighted by molar-refractivity contribution is -0.141. The molecule has 0 aliphatic carbocycles. The molecule has 3 rings (SSSR count). The Morgan fingerprint density at radius 1 is 1.29 bits per heavy atom. The van der Waals surface area contributed by atoms with E-state index in [0.29, 0.717) is 0 Å². The smallest absolute Gasteiger partial charge is 0.431 e. The van der Waals surface area contributed by atoms with Gasteiger partial charge in [-0.3, -0.25) is 4.79 Å². The van der Waals surface area contributed by atoms with Gasteiger partial charge in [-0.25, -0.2) is 18.7 Å². The summed E-state index contributed by atoms with van der Waals surface area (Å²) in [6.07, 6.45) is -4.94. The van der Waals surface area contributed by atoms with E-state index in [1.165, 1.54) is 11.9 Å². The zero-order chi connectivity index (χ0) is 17.8. The summed E-state index contributed by atoms with van der Waals surface area (Å²) in [4.78, 5) is 29.3. The minimum Gasteiger partial charge on any atom is -0.439 e. The number of aryl methyl sites for hydroxylation is 1. The zero-order valence-corrected chi connectivity index (χ0v) is 12.4. The van der Waals surface area contributed by atoms with E-state index in [4.69, 9.17) is 16.0 Å². The molecule has 0 radical (unpaired) electrons. The number of hydrogen-bond donors (Lipinski definition) is 1. The number of rotatable bonds is 1. The third kappa shape index (κ3) is 2.48. The molecule has 11 heteroatoms. The van der Waals surface area contributed by atoms with Crippen LogP contribution >= 0.6 is 11.6 Å². The number of alkyl halides is 3. The Morgan fingerprint density at radius 3 is 2.54 bits per heavy atom. The lowest BCUT2D eigenvalue weighted by Crippen LogP contribution is -2.36. The van der Waals surface area contributed by atoms with Gasteiger partial charge in [0.05, 0.1) is 5.02 Å². The van der Waals surface area contributed by atoms with E-state index >= 15 is 0 Å². The van der Waals surface area contributed by atoms with Gasteiger partial charge < -0.3 is 9.40 Å². The molecule has 0 aliphatic rings. The minimum atomic E-state index is -4.94. The van der Waals surface area contributed by atoms with Gasteiger partial charge in [0.25, 0.3) is 5.56 Å². The maximum atomic E-state index is 14.3. The van der Waals surface area contributed by atoms with E-state index < -0.39 is 34.6 Å². The molecule has 0 atom stereocenters. The van der Waals surface area contributed by atoms with Crippen molar-refractivity contribution in [2.45, 2.75) is 13.1 Å². The number of aromatic nitrogens is 3. The first-order valence-electron chi connectivity index (χ1n) is 6.28. The predicted molar refractivity (Wildman–Crippen MR) is 74.9 cm³/mol. The van der Waals surface area contributed by atoms with Crippen molar-refractivity contribution in [2.75, 3.05) is 0 Å². The monoisotopic (exact) mass is 363 g/mol. The summed E-state index contributed by atoms with van der Waals surface area (Å²) in [5, 5.41) is -0.139. The summed E-state index contributed by atoms with van der Waals surface area (Å²) in [7, 11) is 0. The Kier molecular flexibility index (Phi) is 3.52.